The highest BCUT2D eigenvalue weighted by Crippen LogP contribution is 2.62. The molecule has 4 unspecified atom stereocenters. The van der Waals surface area contributed by atoms with Crippen molar-refractivity contribution >= 4 is 22.6 Å². The number of aromatic nitrogens is 2. The van der Waals surface area contributed by atoms with Crippen LogP contribution in [0, 0.1) is 5.92 Å². The molecule has 0 bridgehead atoms. The summed E-state index contributed by atoms with van der Waals surface area (Å²) in [6, 6.07) is 27.1. The van der Waals surface area contributed by atoms with Gasteiger partial charge in [0.1, 0.15) is 23.4 Å². The van der Waals surface area contributed by atoms with Gasteiger partial charge in [-0.1, -0.05) is 97.1 Å². The highest BCUT2D eigenvalue weighted by atomic mass is 16.5. The van der Waals surface area contributed by atoms with Crippen LogP contribution in [-0.4, -0.2) is 15.7 Å². The Morgan fingerprint density at radius 3 is 2.63 bits per heavy atom. The molecule has 11 rings (SSSR count). The molecule has 0 saturated carbocycles. The van der Waals surface area contributed by atoms with E-state index in [1.165, 1.54) is 55.6 Å². The minimum absolute atomic E-state index is 0.0849. The lowest BCUT2D eigenvalue weighted by Gasteiger charge is -2.52. The van der Waals surface area contributed by atoms with Crippen molar-refractivity contribution in [2.75, 3.05) is 0 Å². The zero-order valence-electron chi connectivity index (χ0n) is 28.4. The number of allylic oxidation sites excluding steroid dienone is 10. The van der Waals surface area contributed by atoms with Crippen LogP contribution in [0.3, 0.4) is 0 Å². The third-order valence-corrected chi connectivity index (χ3v) is 12.1. The number of hydrogen-bond acceptors (Lipinski definition) is 2. The molecule has 4 nitrogen and oxygen atoms in total. The predicted octanol–water partition coefficient (Wildman–Crippen LogP) is 11.3. The predicted molar refractivity (Wildman–Crippen MR) is 206 cm³/mol. The minimum Gasteiger partial charge on any atom is -0.486 e. The van der Waals surface area contributed by atoms with Crippen molar-refractivity contribution in [2.24, 2.45) is 5.92 Å². The van der Waals surface area contributed by atoms with Crippen molar-refractivity contribution in [3.05, 3.63) is 179 Å². The minimum atomic E-state index is -0.435. The van der Waals surface area contributed by atoms with E-state index in [0.29, 0.717) is 0 Å². The topological polar surface area (TPSA) is 39.2 Å². The van der Waals surface area contributed by atoms with Gasteiger partial charge in [0.15, 0.2) is 0 Å². The molecule has 4 heteroatoms. The van der Waals surface area contributed by atoms with Gasteiger partial charge in [0.05, 0.1) is 17.0 Å². The van der Waals surface area contributed by atoms with Gasteiger partial charge >= 0.3 is 0 Å². The molecule has 3 aromatic carbocycles. The van der Waals surface area contributed by atoms with E-state index < -0.39 is 5.41 Å². The third-order valence-electron chi connectivity index (χ3n) is 12.1. The van der Waals surface area contributed by atoms with Gasteiger partial charge in [-0.25, -0.2) is 0 Å². The number of ether oxygens (including phenoxy) is 2. The zero-order valence-corrected chi connectivity index (χ0v) is 28.4. The van der Waals surface area contributed by atoms with Crippen LogP contribution in [0.25, 0.3) is 33.7 Å². The van der Waals surface area contributed by atoms with Gasteiger partial charge in [-0.3, -0.25) is 0 Å². The third kappa shape index (κ3) is 4.14. The fourth-order valence-electron chi connectivity index (χ4n) is 9.96. The van der Waals surface area contributed by atoms with Crippen LogP contribution in [0.2, 0.25) is 0 Å². The molecule has 2 aliphatic heterocycles. The second kappa shape index (κ2) is 11.1. The summed E-state index contributed by atoms with van der Waals surface area (Å²) in [7, 11) is 0. The van der Waals surface area contributed by atoms with E-state index in [1.807, 2.05) is 6.20 Å². The quantitative estimate of drug-likeness (QED) is 0.209. The maximum Gasteiger partial charge on any atom is 0.132 e. The average Bonchev–Trinajstić information content (AvgIpc) is 3.85. The highest BCUT2D eigenvalue weighted by molar-refractivity contribution is 6.00. The fraction of sp³-hybridized carbons (Fsp3) is 0.191. The number of fused-ring (bicyclic) bond motifs is 10. The first-order chi connectivity index (χ1) is 25.3. The van der Waals surface area contributed by atoms with Crippen LogP contribution in [0.1, 0.15) is 59.8 Å². The molecule has 248 valence electrons. The van der Waals surface area contributed by atoms with Gasteiger partial charge in [-0.15, -0.1) is 0 Å². The Kier molecular flexibility index (Phi) is 6.34. The normalized spacial score (nSPS) is 25.1. The first kappa shape index (κ1) is 29.0. The van der Waals surface area contributed by atoms with E-state index in [-0.39, 0.29) is 18.1 Å². The van der Waals surface area contributed by atoms with Crippen LogP contribution in [0.4, 0.5) is 0 Å². The summed E-state index contributed by atoms with van der Waals surface area (Å²) in [5, 5.41) is 1.36. The van der Waals surface area contributed by atoms with Crippen molar-refractivity contribution in [3.8, 4) is 22.6 Å². The van der Waals surface area contributed by atoms with Crippen molar-refractivity contribution in [1.82, 2.24) is 9.55 Å². The largest absolute Gasteiger partial charge is 0.486 e. The summed E-state index contributed by atoms with van der Waals surface area (Å²) < 4.78 is 16.5. The Hall–Kier alpha value is -5.74. The van der Waals surface area contributed by atoms with E-state index >= 15 is 0 Å². The summed E-state index contributed by atoms with van der Waals surface area (Å²) in [6.45, 7) is 0. The molecule has 4 heterocycles. The lowest BCUT2D eigenvalue weighted by molar-refractivity contribution is 0.0706. The van der Waals surface area contributed by atoms with E-state index in [2.05, 4.69) is 149 Å². The van der Waals surface area contributed by atoms with E-state index in [1.54, 1.807) is 0 Å². The first-order valence-electron chi connectivity index (χ1n) is 18.5. The van der Waals surface area contributed by atoms with Crippen LogP contribution in [0.15, 0.2) is 151 Å². The Bertz CT molecular complexity index is 2480. The number of benzene rings is 3. The second-order valence-electron chi connectivity index (χ2n) is 14.6. The fourth-order valence-corrected chi connectivity index (χ4v) is 9.96. The molecule has 4 atom stereocenters. The highest BCUT2D eigenvalue weighted by Gasteiger charge is 2.56. The maximum absolute atomic E-state index is 6.98. The molecule has 6 aliphatic rings. The number of nitrogens with one attached hydrogen (secondary N) is 1. The number of para-hydroxylation sites is 2. The summed E-state index contributed by atoms with van der Waals surface area (Å²) in [6.07, 6.45) is 31.8. The average molecular weight is 663 g/mol. The monoisotopic (exact) mass is 662 g/mol. The van der Waals surface area contributed by atoms with Gasteiger partial charge in [0.2, 0.25) is 0 Å². The number of nitrogens with zero attached hydrogens (tertiary/aromatic N) is 1. The SMILES string of the molecule is C1=CCC(n2c3c(c4cccc(-c5ccc6c(c5)Oc5ccccc5C65C6=C(C=C(c7ccc[nH]7)CC6)OC6C=CC=CC65)c42)CCC=C3)C=C1. The van der Waals surface area contributed by atoms with Gasteiger partial charge in [-0.05, 0) is 96.9 Å². The summed E-state index contributed by atoms with van der Waals surface area (Å²) in [5.41, 5.74) is 12.4. The van der Waals surface area contributed by atoms with Gasteiger partial charge in [-0.2, -0.15) is 0 Å². The first-order valence-corrected chi connectivity index (χ1v) is 18.5. The van der Waals surface area contributed by atoms with E-state index in [4.69, 9.17) is 9.47 Å². The number of aryl methyl sites for hydroxylation is 1. The summed E-state index contributed by atoms with van der Waals surface area (Å²) in [5.74, 6) is 2.94. The number of H-pyrrole nitrogens is 1. The Labute approximate surface area is 298 Å². The van der Waals surface area contributed by atoms with Crippen LogP contribution in [-0.2, 0) is 16.6 Å². The lowest BCUT2D eigenvalue weighted by Crippen LogP contribution is -2.50. The summed E-state index contributed by atoms with van der Waals surface area (Å²) in [4.78, 5) is 3.43. The molecule has 4 aliphatic carbocycles. The molecular weight excluding hydrogens is 625 g/mol. The van der Waals surface area contributed by atoms with Crippen LogP contribution >= 0.6 is 0 Å². The molecule has 1 N–H and O–H groups in total. The molecule has 1 spiro atoms. The molecule has 5 aromatic rings. The van der Waals surface area contributed by atoms with Gasteiger partial charge in [0.25, 0.3) is 0 Å². The number of hydrogen-bond donors (Lipinski definition) is 1. The standard InChI is InChI=1S/C47H38N2O2/c1-2-12-32(13-3-1)49-41-20-7-4-14-34(41)35-16-10-15-33(46(35)49)30-23-25-38-44(28-30)50-42-21-8-5-17-36(42)47(38)37-18-6-9-22-43(37)51-45-29-31(24-26-39(45)47)40-19-11-27-48-40/h1-3,5-12,15-23,25,27-29,32,37,43,48H,4,13-14,24,26H2. The lowest BCUT2D eigenvalue weighted by atomic mass is 9.55. The number of aromatic amines is 1. The Morgan fingerprint density at radius 1 is 0.784 bits per heavy atom. The molecule has 0 fully saturated rings. The smallest absolute Gasteiger partial charge is 0.132 e. The van der Waals surface area contributed by atoms with E-state index in [0.717, 1.165) is 55.1 Å². The molecule has 0 amide bonds. The Morgan fingerprint density at radius 2 is 1.71 bits per heavy atom. The van der Waals surface area contributed by atoms with Crippen molar-refractivity contribution in [2.45, 2.75) is 49.7 Å². The molecule has 0 radical (unpaired) electrons. The maximum atomic E-state index is 6.98. The number of rotatable bonds is 3. The van der Waals surface area contributed by atoms with Crippen molar-refractivity contribution < 1.29 is 9.47 Å². The molecule has 51 heavy (non-hydrogen) atoms. The van der Waals surface area contributed by atoms with Gasteiger partial charge in [0, 0.05) is 45.6 Å². The van der Waals surface area contributed by atoms with Crippen molar-refractivity contribution in [3.63, 3.8) is 0 Å². The van der Waals surface area contributed by atoms with Crippen LogP contribution < -0.4 is 4.74 Å². The van der Waals surface area contributed by atoms with Crippen LogP contribution in [0.5, 0.6) is 11.5 Å². The van der Waals surface area contributed by atoms with E-state index in [9.17, 15) is 0 Å². The molecule has 0 saturated heterocycles. The Balaban J connectivity index is 1.15. The molecular formula is C47H38N2O2. The molecule has 2 aromatic heterocycles. The summed E-state index contributed by atoms with van der Waals surface area (Å²) >= 11 is 0. The zero-order chi connectivity index (χ0) is 33.5. The van der Waals surface area contributed by atoms with Crippen molar-refractivity contribution in [1.29, 1.82) is 0 Å². The second-order valence-corrected chi connectivity index (χ2v) is 14.6. The van der Waals surface area contributed by atoms with Gasteiger partial charge < -0.3 is 19.0 Å².